The first-order valence-electron chi connectivity index (χ1n) is 7.69. The molecule has 0 radical (unpaired) electrons. The van der Waals surface area contributed by atoms with Crippen molar-refractivity contribution in [2.24, 2.45) is 5.41 Å². The van der Waals surface area contributed by atoms with Gasteiger partial charge in [0.2, 0.25) is 0 Å². The van der Waals surface area contributed by atoms with Gasteiger partial charge in [0.25, 0.3) is 5.91 Å². The number of nitrogens with zero attached hydrogens (tertiary/aromatic N) is 1. The molecule has 1 saturated carbocycles. The van der Waals surface area contributed by atoms with Crippen LogP contribution in [0.1, 0.15) is 29.6 Å². The maximum atomic E-state index is 12.5. The normalized spacial score (nSPS) is 26.8. The second-order valence-corrected chi connectivity index (χ2v) is 6.26. The Balaban J connectivity index is 1.51. The van der Waals surface area contributed by atoms with Gasteiger partial charge in [-0.05, 0) is 31.4 Å². The summed E-state index contributed by atoms with van der Waals surface area (Å²) in [7, 11) is 0. The Morgan fingerprint density at radius 1 is 1.45 bits per heavy atom. The Labute approximate surface area is 127 Å². The predicted octanol–water partition coefficient (Wildman–Crippen LogP) is 1.22. The van der Waals surface area contributed by atoms with Crippen LogP contribution in [0.2, 0.25) is 0 Å². The van der Waals surface area contributed by atoms with Gasteiger partial charge in [-0.15, -0.1) is 0 Å². The fourth-order valence-electron chi connectivity index (χ4n) is 3.71. The summed E-state index contributed by atoms with van der Waals surface area (Å²) in [5.74, 6) is -0.127. The average molecular weight is 301 g/mol. The molecule has 2 fully saturated rings. The molecule has 1 aliphatic heterocycles. The van der Waals surface area contributed by atoms with Crippen molar-refractivity contribution in [1.29, 1.82) is 0 Å². The van der Waals surface area contributed by atoms with Crippen molar-refractivity contribution in [3.05, 3.63) is 30.1 Å². The number of hydrogen-bond acceptors (Lipinski definition) is 4. The number of ether oxygens (including phenoxy) is 1. The van der Waals surface area contributed by atoms with E-state index in [1.165, 1.54) is 0 Å². The second-order valence-electron chi connectivity index (χ2n) is 6.26. The number of rotatable bonds is 2. The number of aliphatic hydroxyl groups is 1. The molecule has 0 bridgehead atoms. The fraction of sp³-hybridized carbons (Fsp3) is 0.500. The number of carbonyl (C=O) groups excluding carboxylic acids is 1. The molecule has 0 unspecified atom stereocenters. The highest BCUT2D eigenvalue weighted by Gasteiger charge is 2.55. The number of pyridine rings is 1. The Hall–Kier alpha value is -1.92. The van der Waals surface area contributed by atoms with Crippen LogP contribution in [0, 0.1) is 5.41 Å². The zero-order chi connectivity index (χ0) is 15.2. The molecule has 1 amide bonds. The van der Waals surface area contributed by atoms with Gasteiger partial charge in [-0.2, -0.15) is 0 Å². The fourth-order valence-corrected chi connectivity index (χ4v) is 3.71. The van der Waals surface area contributed by atoms with Gasteiger partial charge in [0.05, 0.1) is 11.7 Å². The number of aromatic amines is 1. The van der Waals surface area contributed by atoms with Gasteiger partial charge in [0.15, 0.2) is 0 Å². The van der Waals surface area contributed by atoms with E-state index in [1.54, 1.807) is 12.4 Å². The van der Waals surface area contributed by atoms with Crippen LogP contribution in [0.5, 0.6) is 0 Å². The second kappa shape index (κ2) is 5.07. The Kier molecular flexibility index (Phi) is 3.16. The number of aliphatic hydroxyl groups excluding tert-OH is 1. The van der Waals surface area contributed by atoms with Crippen LogP contribution in [-0.2, 0) is 4.74 Å². The van der Waals surface area contributed by atoms with Gasteiger partial charge >= 0.3 is 0 Å². The lowest BCUT2D eigenvalue weighted by atomic mass is 9.58. The summed E-state index contributed by atoms with van der Waals surface area (Å²) in [6, 6.07) is 3.74. The van der Waals surface area contributed by atoms with Gasteiger partial charge in [0.1, 0.15) is 5.65 Å². The summed E-state index contributed by atoms with van der Waals surface area (Å²) in [6.45, 7) is 1.31. The van der Waals surface area contributed by atoms with Gasteiger partial charge in [-0.3, -0.25) is 4.79 Å². The van der Waals surface area contributed by atoms with E-state index < -0.39 is 0 Å². The molecule has 3 heterocycles. The Bertz CT molecular complexity index is 705. The molecule has 1 spiro atoms. The quantitative estimate of drug-likeness (QED) is 0.778. The average Bonchev–Trinajstić information content (AvgIpc) is 3.02. The lowest BCUT2D eigenvalue weighted by molar-refractivity contribution is -0.145. The topological polar surface area (TPSA) is 87.2 Å². The SMILES string of the molecule is O=C(N[C@@H]1C[C@@H](O)C12CCOCC2)c1cnc2[nH]ccc2c1. The number of H-pyrrole nitrogens is 1. The summed E-state index contributed by atoms with van der Waals surface area (Å²) in [6.07, 6.45) is 5.26. The first-order chi connectivity index (χ1) is 10.7. The highest BCUT2D eigenvalue weighted by molar-refractivity contribution is 5.97. The van der Waals surface area contributed by atoms with E-state index in [-0.39, 0.29) is 23.5 Å². The third-order valence-corrected chi connectivity index (χ3v) is 5.21. The van der Waals surface area contributed by atoms with Crippen molar-refractivity contribution in [3.8, 4) is 0 Å². The van der Waals surface area contributed by atoms with E-state index >= 15 is 0 Å². The number of fused-ring (bicyclic) bond motifs is 1. The van der Waals surface area contributed by atoms with Crippen LogP contribution >= 0.6 is 0 Å². The molecule has 3 N–H and O–H groups in total. The molecule has 2 aliphatic rings. The third kappa shape index (κ3) is 2.02. The summed E-state index contributed by atoms with van der Waals surface area (Å²) >= 11 is 0. The minimum atomic E-state index is -0.341. The smallest absolute Gasteiger partial charge is 0.253 e. The summed E-state index contributed by atoms with van der Waals surface area (Å²) < 4.78 is 5.39. The van der Waals surface area contributed by atoms with Crippen molar-refractivity contribution < 1.29 is 14.6 Å². The molecule has 116 valence electrons. The molecule has 22 heavy (non-hydrogen) atoms. The number of carbonyl (C=O) groups is 1. The maximum Gasteiger partial charge on any atom is 0.253 e. The number of hydrogen-bond donors (Lipinski definition) is 3. The van der Waals surface area contributed by atoms with Gasteiger partial charge in [-0.1, -0.05) is 0 Å². The first kappa shape index (κ1) is 13.7. The molecule has 1 aliphatic carbocycles. The monoisotopic (exact) mass is 301 g/mol. The summed E-state index contributed by atoms with van der Waals surface area (Å²) in [5.41, 5.74) is 1.12. The van der Waals surface area contributed by atoms with Crippen LogP contribution < -0.4 is 5.32 Å². The number of amides is 1. The minimum absolute atomic E-state index is 0.0146. The van der Waals surface area contributed by atoms with Crippen molar-refractivity contribution in [2.45, 2.75) is 31.4 Å². The van der Waals surface area contributed by atoms with E-state index in [4.69, 9.17) is 4.74 Å². The molecule has 1 saturated heterocycles. The molecule has 2 aromatic rings. The lowest BCUT2D eigenvalue weighted by Crippen LogP contribution is -2.65. The van der Waals surface area contributed by atoms with Crippen LogP contribution in [0.25, 0.3) is 11.0 Å². The third-order valence-electron chi connectivity index (χ3n) is 5.21. The lowest BCUT2D eigenvalue weighted by Gasteiger charge is -2.55. The van der Waals surface area contributed by atoms with Gasteiger partial charge in [0, 0.05) is 42.5 Å². The molecule has 6 heteroatoms. The predicted molar refractivity (Wildman–Crippen MR) is 80.5 cm³/mol. The molecule has 2 atom stereocenters. The Morgan fingerprint density at radius 3 is 3.05 bits per heavy atom. The molecule has 4 rings (SSSR count). The standard InChI is InChI=1S/C16H19N3O3/c20-13-8-12(16(13)2-5-22-6-3-16)19-15(21)11-7-10-1-4-17-14(10)18-9-11/h1,4,7,9,12-13,20H,2-3,5-6,8H2,(H,17,18)(H,19,21)/t12-,13-/m1/s1. The van der Waals surface area contributed by atoms with Crippen molar-refractivity contribution in [2.75, 3.05) is 13.2 Å². The molecular formula is C16H19N3O3. The number of nitrogens with one attached hydrogen (secondary N) is 2. The van der Waals surface area contributed by atoms with Crippen LogP contribution in [0.4, 0.5) is 0 Å². The molecule has 2 aromatic heterocycles. The zero-order valence-electron chi connectivity index (χ0n) is 12.2. The molecule has 6 nitrogen and oxygen atoms in total. The van der Waals surface area contributed by atoms with Crippen LogP contribution in [0.3, 0.4) is 0 Å². The maximum absolute atomic E-state index is 12.5. The zero-order valence-corrected chi connectivity index (χ0v) is 12.2. The van der Waals surface area contributed by atoms with Crippen molar-refractivity contribution >= 4 is 16.9 Å². The molecule has 0 aromatic carbocycles. The van der Waals surface area contributed by atoms with E-state index in [0.29, 0.717) is 25.2 Å². The van der Waals surface area contributed by atoms with Gasteiger partial charge in [-0.25, -0.2) is 4.98 Å². The largest absolute Gasteiger partial charge is 0.392 e. The number of aromatic nitrogens is 2. The van der Waals surface area contributed by atoms with E-state index in [2.05, 4.69) is 15.3 Å². The van der Waals surface area contributed by atoms with Gasteiger partial charge < -0.3 is 20.1 Å². The van der Waals surface area contributed by atoms with E-state index in [9.17, 15) is 9.90 Å². The molecular weight excluding hydrogens is 282 g/mol. The highest BCUT2D eigenvalue weighted by Crippen LogP contribution is 2.49. The summed E-state index contributed by atoms with van der Waals surface area (Å²) in [5, 5.41) is 14.2. The first-order valence-corrected chi connectivity index (χ1v) is 7.69. The van der Waals surface area contributed by atoms with Crippen LogP contribution in [-0.4, -0.2) is 46.3 Å². The highest BCUT2D eigenvalue weighted by atomic mass is 16.5. The van der Waals surface area contributed by atoms with E-state index in [1.807, 2.05) is 12.1 Å². The summed E-state index contributed by atoms with van der Waals surface area (Å²) in [4.78, 5) is 19.7. The van der Waals surface area contributed by atoms with Crippen molar-refractivity contribution in [1.82, 2.24) is 15.3 Å². The Morgan fingerprint density at radius 2 is 2.27 bits per heavy atom. The van der Waals surface area contributed by atoms with Crippen molar-refractivity contribution in [3.63, 3.8) is 0 Å². The minimum Gasteiger partial charge on any atom is -0.392 e. The van der Waals surface area contributed by atoms with Crippen LogP contribution in [0.15, 0.2) is 24.5 Å². The van der Waals surface area contributed by atoms with E-state index in [0.717, 1.165) is 23.9 Å².